The van der Waals surface area contributed by atoms with Crippen LogP contribution in [-0.4, -0.2) is 14.8 Å². The minimum absolute atomic E-state index is 0.252. The standard InChI is InChI=1S/C13H14FIN4S/c14-8-6-11(10(16)7-9(8)15)20-13-18-17-12-4-2-1-3-5-19(12)13/h6-7H,1-5,16H2. The Morgan fingerprint density at radius 3 is 2.95 bits per heavy atom. The number of anilines is 1. The second kappa shape index (κ2) is 5.88. The lowest BCUT2D eigenvalue weighted by molar-refractivity contribution is 0.590. The first-order valence-electron chi connectivity index (χ1n) is 6.49. The molecular weight excluding hydrogens is 390 g/mol. The first kappa shape index (κ1) is 14.1. The molecule has 0 fully saturated rings. The molecule has 1 aromatic carbocycles. The van der Waals surface area contributed by atoms with E-state index >= 15 is 0 Å². The van der Waals surface area contributed by atoms with Gasteiger partial charge in [-0.2, -0.15) is 0 Å². The molecule has 0 saturated heterocycles. The number of hydrogen-bond acceptors (Lipinski definition) is 4. The van der Waals surface area contributed by atoms with Gasteiger partial charge in [0.2, 0.25) is 0 Å². The van der Waals surface area contributed by atoms with E-state index in [1.165, 1.54) is 24.2 Å². The lowest BCUT2D eigenvalue weighted by Crippen LogP contribution is -2.02. The molecule has 0 amide bonds. The van der Waals surface area contributed by atoms with Crippen molar-refractivity contribution in [3.05, 3.63) is 27.3 Å². The Hall–Kier alpha value is -0.830. The minimum Gasteiger partial charge on any atom is -0.398 e. The molecule has 0 unspecified atom stereocenters. The summed E-state index contributed by atoms with van der Waals surface area (Å²) in [5.74, 6) is 0.771. The van der Waals surface area contributed by atoms with Crippen LogP contribution in [0.5, 0.6) is 0 Å². The summed E-state index contributed by atoms with van der Waals surface area (Å²) in [5, 5.41) is 9.26. The number of halogens is 2. The highest BCUT2D eigenvalue weighted by Crippen LogP contribution is 2.34. The molecule has 3 rings (SSSR count). The minimum atomic E-state index is -0.252. The highest BCUT2D eigenvalue weighted by Gasteiger charge is 2.17. The van der Waals surface area contributed by atoms with Crippen molar-refractivity contribution in [1.82, 2.24) is 14.8 Å². The Kier molecular flexibility index (Phi) is 4.16. The number of benzene rings is 1. The lowest BCUT2D eigenvalue weighted by Gasteiger charge is -2.08. The number of nitrogens with zero attached hydrogens (tertiary/aromatic N) is 3. The molecular formula is C13H14FIN4S. The smallest absolute Gasteiger partial charge is 0.196 e. The Bertz CT molecular complexity index is 644. The van der Waals surface area contributed by atoms with E-state index < -0.39 is 0 Å². The molecule has 0 atom stereocenters. The number of aromatic nitrogens is 3. The summed E-state index contributed by atoms with van der Waals surface area (Å²) in [6.07, 6.45) is 4.47. The van der Waals surface area contributed by atoms with E-state index in [9.17, 15) is 4.39 Å². The molecule has 1 aromatic heterocycles. The van der Waals surface area contributed by atoms with Gasteiger partial charge in [0.1, 0.15) is 11.6 Å². The van der Waals surface area contributed by atoms with Crippen LogP contribution in [0, 0.1) is 9.39 Å². The molecule has 2 heterocycles. The van der Waals surface area contributed by atoms with E-state index in [1.54, 1.807) is 6.07 Å². The van der Waals surface area contributed by atoms with Gasteiger partial charge in [0.25, 0.3) is 0 Å². The highest BCUT2D eigenvalue weighted by molar-refractivity contribution is 14.1. The van der Waals surface area contributed by atoms with E-state index in [0.29, 0.717) is 14.2 Å². The molecule has 1 aliphatic rings. The van der Waals surface area contributed by atoms with E-state index in [2.05, 4.69) is 14.8 Å². The van der Waals surface area contributed by atoms with Gasteiger partial charge in [-0.1, -0.05) is 6.42 Å². The average Bonchev–Trinajstić information content (AvgIpc) is 2.65. The van der Waals surface area contributed by atoms with Crippen LogP contribution in [0.1, 0.15) is 25.1 Å². The summed E-state index contributed by atoms with van der Waals surface area (Å²) in [6.45, 7) is 0.928. The maximum absolute atomic E-state index is 13.7. The second-order valence-electron chi connectivity index (χ2n) is 4.77. The van der Waals surface area contributed by atoms with Gasteiger partial charge in [-0.15, -0.1) is 10.2 Å². The van der Waals surface area contributed by atoms with Crippen molar-refractivity contribution in [3.63, 3.8) is 0 Å². The van der Waals surface area contributed by atoms with Crippen LogP contribution in [-0.2, 0) is 13.0 Å². The second-order valence-corrected chi connectivity index (χ2v) is 6.94. The first-order chi connectivity index (χ1) is 9.65. The molecule has 7 heteroatoms. The van der Waals surface area contributed by atoms with Gasteiger partial charge < -0.3 is 10.3 Å². The summed E-state index contributed by atoms with van der Waals surface area (Å²) in [5.41, 5.74) is 6.54. The number of rotatable bonds is 2. The van der Waals surface area contributed by atoms with Gasteiger partial charge in [0.15, 0.2) is 5.16 Å². The van der Waals surface area contributed by atoms with Crippen LogP contribution < -0.4 is 5.73 Å². The fourth-order valence-electron chi connectivity index (χ4n) is 2.26. The van der Waals surface area contributed by atoms with Crippen molar-refractivity contribution in [2.24, 2.45) is 0 Å². The van der Waals surface area contributed by atoms with Crippen molar-refractivity contribution >= 4 is 40.0 Å². The van der Waals surface area contributed by atoms with Gasteiger partial charge in [-0.25, -0.2) is 4.39 Å². The highest BCUT2D eigenvalue weighted by atomic mass is 127. The molecule has 0 saturated carbocycles. The normalized spacial score (nSPS) is 14.9. The number of fused-ring (bicyclic) bond motifs is 1. The van der Waals surface area contributed by atoms with Crippen molar-refractivity contribution in [2.75, 3.05) is 5.73 Å². The van der Waals surface area contributed by atoms with E-state index in [4.69, 9.17) is 5.73 Å². The van der Waals surface area contributed by atoms with Crippen molar-refractivity contribution < 1.29 is 4.39 Å². The number of aryl methyl sites for hydroxylation is 1. The van der Waals surface area contributed by atoms with Crippen LogP contribution in [0.25, 0.3) is 0 Å². The molecule has 20 heavy (non-hydrogen) atoms. The molecule has 1 aliphatic heterocycles. The van der Waals surface area contributed by atoms with Crippen LogP contribution in [0.4, 0.5) is 10.1 Å². The molecule has 106 valence electrons. The number of nitrogen functional groups attached to an aromatic ring is 1. The Balaban J connectivity index is 1.92. The topological polar surface area (TPSA) is 56.7 Å². The SMILES string of the molecule is Nc1cc(I)c(F)cc1Sc1nnc2n1CCCCC2. The maximum Gasteiger partial charge on any atom is 0.196 e. The van der Waals surface area contributed by atoms with Gasteiger partial charge in [0, 0.05) is 23.5 Å². The van der Waals surface area contributed by atoms with E-state index in [1.807, 2.05) is 22.6 Å². The third-order valence-corrected chi connectivity index (χ3v) is 5.21. The van der Waals surface area contributed by atoms with Gasteiger partial charge >= 0.3 is 0 Å². The van der Waals surface area contributed by atoms with Crippen molar-refractivity contribution in [2.45, 2.75) is 42.3 Å². The van der Waals surface area contributed by atoms with E-state index in [0.717, 1.165) is 36.8 Å². The quantitative estimate of drug-likeness (QED) is 0.615. The van der Waals surface area contributed by atoms with Gasteiger partial charge in [-0.3, -0.25) is 0 Å². The average molecular weight is 404 g/mol. The summed E-state index contributed by atoms with van der Waals surface area (Å²) < 4.78 is 16.3. The van der Waals surface area contributed by atoms with Crippen molar-refractivity contribution in [3.8, 4) is 0 Å². The largest absolute Gasteiger partial charge is 0.398 e. The zero-order chi connectivity index (χ0) is 14.1. The molecule has 2 aromatic rings. The fraction of sp³-hybridized carbons (Fsp3) is 0.385. The van der Waals surface area contributed by atoms with Crippen LogP contribution >= 0.6 is 34.4 Å². The van der Waals surface area contributed by atoms with Crippen LogP contribution in [0.2, 0.25) is 0 Å². The predicted octanol–water partition coefficient (Wildman–Crippen LogP) is 3.48. The molecule has 0 bridgehead atoms. The molecule has 0 radical (unpaired) electrons. The van der Waals surface area contributed by atoms with Crippen molar-refractivity contribution in [1.29, 1.82) is 0 Å². The molecule has 4 nitrogen and oxygen atoms in total. The Morgan fingerprint density at radius 1 is 1.25 bits per heavy atom. The monoisotopic (exact) mass is 404 g/mol. The van der Waals surface area contributed by atoms with Crippen LogP contribution in [0.15, 0.2) is 22.2 Å². The zero-order valence-corrected chi connectivity index (χ0v) is 13.7. The van der Waals surface area contributed by atoms with E-state index in [-0.39, 0.29) is 5.82 Å². The van der Waals surface area contributed by atoms with Gasteiger partial charge in [-0.05, 0) is 59.3 Å². The molecule has 0 spiro atoms. The molecule has 0 aliphatic carbocycles. The first-order valence-corrected chi connectivity index (χ1v) is 8.39. The summed E-state index contributed by atoms with van der Waals surface area (Å²) in [4.78, 5) is 0.697. The number of nitrogens with two attached hydrogens (primary N) is 1. The maximum atomic E-state index is 13.7. The number of hydrogen-bond donors (Lipinski definition) is 1. The predicted molar refractivity (Wildman–Crippen MR) is 85.2 cm³/mol. The Labute approximate surface area is 134 Å². The van der Waals surface area contributed by atoms with Crippen LogP contribution in [0.3, 0.4) is 0 Å². The summed E-state index contributed by atoms with van der Waals surface area (Å²) in [6, 6.07) is 3.12. The Morgan fingerprint density at radius 2 is 2.10 bits per heavy atom. The summed E-state index contributed by atoms with van der Waals surface area (Å²) >= 11 is 3.33. The fourth-order valence-corrected chi connectivity index (χ4v) is 3.68. The lowest BCUT2D eigenvalue weighted by atomic mass is 10.2. The molecule has 2 N–H and O–H groups in total. The summed E-state index contributed by atoms with van der Waals surface area (Å²) in [7, 11) is 0. The van der Waals surface area contributed by atoms with Gasteiger partial charge in [0.05, 0.1) is 3.57 Å². The zero-order valence-electron chi connectivity index (χ0n) is 10.8. The third-order valence-electron chi connectivity index (χ3n) is 3.33. The third kappa shape index (κ3) is 2.78.